The maximum absolute atomic E-state index is 15.0. The fourth-order valence-corrected chi connectivity index (χ4v) is 6.01. The fraction of sp³-hybridized carbons (Fsp3) is 0.371. The lowest BCUT2D eigenvalue weighted by molar-refractivity contribution is -0.275. The molecule has 1 aliphatic carbocycles. The minimum absolute atomic E-state index is 0.0623. The van der Waals surface area contributed by atoms with E-state index in [0.29, 0.717) is 36.2 Å². The topological polar surface area (TPSA) is 44.2 Å². The number of unbranched alkanes of at least 4 members (excludes halogenated alkanes) is 2. The lowest BCUT2D eigenvalue weighted by Crippen LogP contribution is -2.25. The summed E-state index contributed by atoms with van der Waals surface area (Å²) in [5, 5.41) is 0. The molecule has 3 aromatic carbocycles. The Hall–Kier alpha value is -4.29. The molecule has 1 fully saturated rings. The van der Waals surface area contributed by atoms with Gasteiger partial charge < -0.3 is 9.47 Å². The van der Waals surface area contributed by atoms with E-state index in [9.17, 15) is 22.0 Å². The summed E-state index contributed by atoms with van der Waals surface area (Å²) in [4.78, 5) is 8.46. The fourth-order valence-electron chi connectivity index (χ4n) is 6.01. The normalized spacial score (nSPS) is 17.0. The van der Waals surface area contributed by atoms with Crippen molar-refractivity contribution in [2.45, 2.75) is 76.7 Å². The first kappa shape index (κ1) is 35.0. The first-order valence-electron chi connectivity index (χ1n) is 15.5. The number of ether oxygens (including phenoxy) is 2. The van der Waals surface area contributed by atoms with Gasteiger partial charge in [-0.3, -0.25) is 0 Å². The largest absolute Gasteiger partial charge is 0.573 e. The van der Waals surface area contributed by atoms with E-state index in [1.165, 1.54) is 25.7 Å². The van der Waals surface area contributed by atoms with E-state index in [1.807, 2.05) is 0 Å². The zero-order chi connectivity index (χ0) is 34.6. The van der Waals surface area contributed by atoms with Gasteiger partial charge in [0.2, 0.25) is 0 Å². The monoisotopic (exact) mass is 682 g/mol. The summed E-state index contributed by atoms with van der Waals surface area (Å²) < 4.78 is 134. The molecule has 0 aliphatic heterocycles. The average Bonchev–Trinajstić information content (AvgIpc) is 3.01. The van der Waals surface area contributed by atoms with E-state index in [2.05, 4.69) is 26.4 Å². The van der Waals surface area contributed by atoms with Crippen LogP contribution in [-0.2, 0) is 6.11 Å². The van der Waals surface area contributed by atoms with Gasteiger partial charge in [-0.25, -0.2) is 27.5 Å². The third-order valence-electron chi connectivity index (χ3n) is 8.45. The molecule has 0 radical (unpaired) electrons. The van der Waals surface area contributed by atoms with E-state index in [-0.39, 0.29) is 28.4 Å². The molecule has 5 rings (SSSR count). The third-order valence-corrected chi connectivity index (χ3v) is 8.45. The average molecular weight is 683 g/mol. The molecular weight excluding hydrogens is 651 g/mol. The van der Waals surface area contributed by atoms with Gasteiger partial charge in [0.1, 0.15) is 28.8 Å². The van der Waals surface area contributed by atoms with Gasteiger partial charge in [0.25, 0.3) is 0 Å². The molecule has 0 saturated heterocycles. The lowest BCUT2D eigenvalue weighted by Gasteiger charge is -2.28. The molecule has 13 heteroatoms. The summed E-state index contributed by atoms with van der Waals surface area (Å²) in [5.74, 6) is -7.08. The van der Waals surface area contributed by atoms with E-state index in [0.717, 1.165) is 49.4 Å². The highest BCUT2D eigenvalue weighted by molar-refractivity contribution is 5.66. The van der Waals surface area contributed by atoms with Crippen LogP contribution < -0.4 is 9.47 Å². The van der Waals surface area contributed by atoms with Crippen LogP contribution in [0.4, 0.5) is 39.5 Å². The molecule has 0 amide bonds. The Morgan fingerprint density at radius 3 is 1.94 bits per heavy atom. The van der Waals surface area contributed by atoms with Crippen molar-refractivity contribution >= 4 is 0 Å². The molecule has 1 saturated carbocycles. The van der Waals surface area contributed by atoms with Crippen molar-refractivity contribution in [2.75, 3.05) is 0 Å². The van der Waals surface area contributed by atoms with Crippen LogP contribution in [0, 0.1) is 29.2 Å². The second kappa shape index (κ2) is 14.4. The number of alkyl halides is 5. The van der Waals surface area contributed by atoms with Gasteiger partial charge in [-0.2, -0.15) is 8.78 Å². The van der Waals surface area contributed by atoms with Crippen LogP contribution in [-0.4, -0.2) is 16.3 Å². The maximum atomic E-state index is 15.0. The van der Waals surface area contributed by atoms with Crippen LogP contribution in [0.25, 0.3) is 22.5 Å². The van der Waals surface area contributed by atoms with Gasteiger partial charge in [-0.15, -0.1) is 13.2 Å². The molecule has 0 N–H and O–H groups in total. The summed E-state index contributed by atoms with van der Waals surface area (Å²) in [6, 6.07) is 5.55. The molecule has 48 heavy (non-hydrogen) atoms. The molecule has 4 aromatic rings. The number of aromatic nitrogens is 2. The number of halogens is 9. The summed E-state index contributed by atoms with van der Waals surface area (Å²) in [5.41, 5.74) is -1.63. The van der Waals surface area contributed by atoms with Crippen LogP contribution in [0.15, 0.2) is 60.9 Å². The van der Waals surface area contributed by atoms with Crippen LogP contribution in [0.1, 0.15) is 75.3 Å². The van der Waals surface area contributed by atoms with Crippen molar-refractivity contribution in [3.05, 3.63) is 95.3 Å². The number of nitrogens with zero attached hydrogens (tertiary/aromatic N) is 2. The second-order valence-corrected chi connectivity index (χ2v) is 11.8. The van der Waals surface area contributed by atoms with Gasteiger partial charge in [-0.05, 0) is 85.0 Å². The van der Waals surface area contributed by atoms with Crippen LogP contribution >= 0.6 is 0 Å². The minimum Gasteiger partial charge on any atom is -0.429 e. The van der Waals surface area contributed by atoms with E-state index in [4.69, 9.17) is 0 Å². The van der Waals surface area contributed by atoms with Gasteiger partial charge >= 0.3 is 12.5 Å². The quantitative estimate of drug-likeness (QED) is 0.117. The van der Waals surface area contributed by atoms with Gasteiger partial charge in [0, 0.05) is 29.6 Å². The SMILES string of the molecule is CCCCCC1CCC(c2cnc(-c3cc(F)c(C(F)(F)Oc4ccc(-c5ccc(OC(F)(F)F)c(F)c5)c(F)c4)c(F)c3)nc2)CC1. The van der Waals surface area contributed by atoms with E-state index >= 15 is 17.6 Å². The van der Waals surface area contributed by atoms with E-state index in [1.54, 1.807) is 12.4 Å². The molecule has 256 valence electrons. The Balaban J connectivity index is 1.27. The molecule has 0 bridgehead atoms. The van der Waals surface area contributed by atoms with Gasteiger partial charge in [-0.1, -0.05) is 38.7 Å². The minimum atomic E-state index is -5.16. The summed E-state index contributed by atoms with van der Waals surface area (Å²) in [6.45, 7) is 2.18. The van der Waals surface area contributed by atoms with Crippen molar-refractivity contribution in [1.82, 2.24) is 9.97 Å². The number of benzene rings is 3. The molecule has 0 atom stereocenters. The van der Waals surface area contributed by atoms with Crippen LogP contribution in [0.5, 0.6) is 11.5 Å². The first-order valence-corrected chi connectivity index (χ1v) is 15.5. The van der Waals surface area contributed by atoms with Crippen molar-refractivity contribution in [3.8, 4) is 34.0 Å². The number of rotatable bonds is 11. The Kier molecular flexibility index (Phi) is 10.5. The Morgan fingerprint density at radius 1 is 0.708 bits per heavy atom. The van der Waals surface area contributed by atoms with E-state index < -0.39 is 52.8 Å². The molecule has 1 aromatic heterocycles. The Labute approximate surface area is 270 Å². The van der Waals surface area contributed by atoms with Crippen molar-refractivity contribution in [1.29, 1.82) is 0 Å². The van der Waals surface area contributed by atoms with Crippen LogP contribution in [0.2, 0.25) is 0 Å². The van der Waals surface area contributed by atoms with Crippen LogP contribution in [0.3, 0.4) is 0 Å². The van der Waals surface area contributed by atoms with Gasteiger partial charge in [0.05, 0.1) is 0 Å². The maximum Gasteiger partial charge on any atom is 0.573 e. The third kappa shape index (κ3) is 8.40. The molecule has 0 unspecified atom stereocenters. The molecule has 0 spiro atoms. The molecular formula is C35H31F9N2O2. The highest BCUT2D eigenvalue weighted by Gasteiger charge is 2.41. The Bertz CT molecular complexity index is 1700. The molecule has 1 heterocycles. The zero-order valence-electron chi connectivity index (χ0n) is 25.7. The zero-order valence-corrected chi connectivity index (χ0v) is 25.7. The highest BCUT2D eigenvalue weighted by atomic mass is 19.4. The number of hydrogen-bond donors (Lipinski definition) is 0. The van der Waals surface area contributed by atoms with Gasteiger partial charge in [0.15, 0.2) is 17.4 Å². The standard InChI is InChI=1S/C35H31F9N2O2/c1-2-3-4-5-20-6-8-21(9-7-20)24-18-45-33(46-19-24)23-15-29(38)32(30(39)16-23)34(40,41)47-25-11-12-26(27(36)17-25)22-10-13-31(28(37)14-22)48-35(42,43)44/h10-21H,2-9H2,1H3. The molecule has 1 aliphatic rings. The number of hydrogen-bond acceptors (Lipinski definition) is 4. The van der Waals surface area contributed by atoms with Crippen molar-refractivity contribution in [3.63, 3.8) is 0 Å². The summed E-state index contributed by atoms with van der Waals surface area (Å²) in [6.07, 6.45) is 2.48. The highest BCUT2D eigenvalue weighted by Crippen LogP contribution is 2.40. The summed E-state index contributed by atoms with van der Waals surface area (Å²) in [7, 11) is 0. The second-order valence-electron chi connectivity index (χ2n) is 11.8. The molecule has 4 nitrogen and oxygen atoms in total. The predicted octanol–water partition coefficient (Wildman–Crippen LogP) is 11.2. The lowest BCUT2D eigenvalue weighted by atomic mass is 9.77. The smallest absolute Gasteiger partial charge is 0.429 e. The Morgan fingerprint density at radius 2 is 1.35 bits per heavy atom. The summed E-state index contributed by atoms with van der Waals surface area (Å²) >= 11 is 0. The predicted molar refractivity (Wildman–Crippen MR) is 159 cm³/mol. The first-order chi connectivity index (χ1) is 22.7. The van der Waals surface area contributed by atoms with Crippen molar-refractivity contribution in [2.24, 2.45) is 5.92 Å². The van der Waals surface area contributed by atoms with Crippen molar-refractivity contribution < 1.29 is 49.0 Å².